The standard InChI is InChI=1S/C65H98O6/c1-4-7-10-13-16-19-22-25-28-30-32-34-37-40-43-46-49-52-55-58-64(67)70-61-62(60-69-63(66)57-54-51-48-45-42-39-36-27-24-21-18-15-12-9-6-3)71-65(68)59-56-53-50-47-44-41-38-35-33-31-29-26-23-20-17-14-11-8-5-2/h7-8,10-11,16-21,25-29,32-36,40-45,50,53,62H,4-6,9,12-15,22-24,30-31,37-39,46-49,51-52,54-61H2,1-3H3/b10-7-,11-8-,19-16-,20-17-,21-18-,28-25-,29-26-,34-32-,35-33-,36-27-,43-40-,44-41-,45-42-,53-50-/t62-/m0/s1. The van der Waals surface area contributed by atoms with E-state index in [4.69, 9.17) is 14.2 Å². The lowest BCUT2D eigenvalue weighted by Crippen LogP contribution is -2.30. The van der Waals surface area contributed by atoms with Crippen molar-refractivity contribution < 1.29 is 28.6 Å². The molecule has 0 amide bonds. The van der Waals surface area contributed by atoms with Gasteiger partial charge in [0.2, 0.25) is 0 Å². The minimum absolute atomic E-state index is 0.147. The topological polar surface area (TPSA) is 78.9 Å². The Morgan fingerprint density at radius 1 is 0.296 bits per heavy atom. The second-order valence-corrected chi connectivity index (χ2v) is 17.4. The Kier molecular flexibility index (Phi) is 53.1. The predicted molar refractivity (Wildman–Crippen MR) is 306 cm³/mol. The van der Waals surface area contributed by atoms with Crippen LogP contribution in [0.2, 0.25) is 0 Å². The molecule has 0 aromatic rings. The van der Waals surface area contributed by atoms with Crippen LogP contribution in [0.25, 0.3) is 0 Å². The zero-order valence-corrected chi connectivity index (χ0v) is 44.9. The van der Waals surface area contributed by atoms with Crippen LogP contribution in [-0.4, -0.2) is 37.2 Å². The molecule has 0 N–H and O–H groups in total. The fourth-order valence-electron chi connectivity index (χ4n) is 6.62. The van der Waals surface area contributed by atoms with Crippen molar-refractivity contribution in [3.8, 4) is 0 Å². The van der Waals surface area contributed by atoms with E-state index in [1.54, 1.807) is 0 Å². The second kappa shape index (κ2) is 57.3. The first kappa shape index (κ1) is 65.8. The number of ether oxygens (including phenoxy) is 3. The summed E-state index contributed by atoms with van der Waals surface area (Å²) in [6, 6.07) is 0. The zero-order chi connectivity index (χ0) is 51.4. The molecule has 0 unspecified atom stereocenters. The van der Waals surface area contributed by atoms with Gasteiger partial charge in [-0.2, -0.15) is 0 Å². The number of carbonyl (C=O) groups excluding carboxylic acids is 3. The highest BCUT2D eigenvalue weighted by atomic mass is 16.6. The van der Waals surface area contributed by atoms with Crippen molar-refractivity contribution in [1.29, 1.82) is 0 Å². The monoisotopic (exact) mass is 975 g/mol. The molecule has 6 heteroatoms. The first-order valence-corrected chi connectivity index (χ1v) is 27.6. The van der Waals surface area contributed by atoms with E-state index in [-0.39, 0.29) is 44.4 Å². The minimum atomic E-state index is -0.858. The molecule has 0 aliphatic carbocycles. The van der Waals surface area contributed by atoms with E-state index < -0.39 is 12.1 Å². The highest BCUT2D eigenvalue weighted by molar-refractivity contribution is 5.71. The molecule has 0 saturated heterocycles. The third kappa shape index (κ3) is 55.6. The van der Waals surface area contributed by atoms with Gasteiger partial charge in [0.1, 0.15) is 13.2 Å². The molecule has 0 saturated carbocycles. The fourth-order valence-corrected chi connectivity index (χ4v) is 6.62. The summed E-state index contributed by atoms with van der Waals surface area (Å²) in [5.74, 6) is -1.11. The van der Waals surface area contributed by atoms with Crippen molar-refractivity contribution in [2.75, 3.05) is 13.2 Å². The van der Waals surface area contributed by atoms with Gasteiger partial charge < -0.3 is 14.2 Å². The molecule has 394 valence electrons. The number of carbonyl (C=O) groups is 3. The molecular formula is C65H98O6. The predicted octanol–water partition coefficient (Wildman–Crippen LogP) is 18.8. The quantitative estimate of drug-likeness (QED) is 0.0262. The van der Waals surface area contributed by atoms with Crippen LogP contribution in [0.5, 0.6) is 0 Å². The van der Waals surface area contributed by atoms with Crippen LogP contribution >= 0.6 is 0 Å². The minimum Gasteiger partial charge on any atom is -0.462 e. The Labute approximate surface area is 434 Å². The maximum atomic E-state index is 12.8. The van der Waals surface area contributed by atoms with Gasteiger partial charge in [0.25, 0.3) is 0 Å². The third-order valence-corrected chi connectivity index (χ3v) is 10.7. The molecule has 71 heavy (non-hydrogen) atoms. The van der Waals surface area contributed by atoms with Crippen LogP contribution in [0.4, 0.5) is 0 Å². The van der Waals surface area contributed by atoms with Crippen molar-refractivity contribution in [3.63, 3.8) is 0 Å². The zero-order valence-electron chi connectivity index (χ0n) is 44.9. The van der Waals surface area contributed by atoms with Gasteiger partial charge in [0.05, 0.1) is 0 Å². The fraction of sp³-hybridized carbons (Fsp3) is 0.523. The van der Waals surface area contributed by atoms with Crippen molar-refractivity contribution in [1.82, 2.24) is 0 Å². The Morgan fingerprint density at radius 2 is 0.577 bits per heavy atom. The lowest BCUT2D eigenvalue weighted by atomic mass is 10.1. The smallest absolute Gasteiger partial charge is 0.306 e. The van der Waals surface area contributed by atoms with Gasteiger partial charge in [-0.15, -0.1) is 0 Å². The second-order valence-electron chi connectivity index (χ2n) is 17.4. The van der Waals surface area contributed by atoms with Gasteiger partial charge in [0.15, 0.2) is 6.10 Å². The summed E-state index contributed by atoms with van der Waals surface area (Å²) in [5, 5.41) is 0. The first-order chi connectivity index (χ1) is 35.0. The van der Waals surface area contributed by atoms with Crippen molar-refractivity contribution in [2.45, 2.75) is 207 Å². The van der Waals surface area contributed by atoms with Gasteiger partial charge >= 0.3 is 17.9 Å². The van der Waals surface area contributed by atoms with Crippen molar-refractivity contribution in [3.05, 3.63) is 170 Å². The normalized spacial score (nSPS) is 13.5. The van der Waals surface area contributed by atoms with Gasteiger partial charge in [-0.25, -0.2) is 0 Å². The van der Waals surface area contributed by atoms with E-state index in [9.17, 15) is 14.4 Å². The van der Waals surface area contributed by atoms with E-state index in [2.05, 4.69) is 179 Å². The summed E-state index contributed by atoms with van der Waals surface area (Å²) < 4.78 is 16.7. The SMILES string of the molecule is CC/C=C\C/C=C\C/C=C\C/C=C\C/C=C\C/C=C\CCC(=O)O[C@@H](COC(=O)CCCC/C=C\C/C=C\C/C=C\CCCCC)COC(=O)CCCCC/C=C\C/C=C\C/C=C\C/C=C\C/C=C\CC. The third-order valence-electron chi connectivity index (χ3n) is 10.7. The molecule has 0 aliphatic rings. The largest absolute Gasteiger partial charge is 0.462 e. The van der Waals surface area contributed by atoms with Crippen molar-refractivity contribution >= 4 is 17.9 Å². The Bertz CT molecular complexity index is 1690. The molecule has 0 radical (unpaired) electrons. The summed E-state index contributed by atoms with van der Waals surface area (Å²) >= 11 is 0. The van der Waals surface area contributed by atoms with E-state index >= 15 is 0 Å². The maximum absolute atomic E-state index is 12.8. The molecule has 0 aliphatic heterocycles. The molecule has 0 heterocycles. The Hall–Kier alpha value is -5.23. The molecule has 0 fully saturated rings. The van der Waals surface area contributed by atoms with Crippen LogP contribution < -0.4 is 0 Å². The Morgan fingerprint density at radius 3 is 0.915 bits per heavy atom. The average Bonchev–Trinajstić information content (AvgIpc) is 3.37. The molecule has 0 aromatic heterocycles. The molecular weight excluding hydrogens is 877 g/mol. The lowest BCUT2D eigenvalue weighted by molar-refractivity contribution is -0.166. The van der Waals surface area contributed by atoms with E-state index in [1.165, 1.54) is 25.7 Å². The molecule has 0 spiro atoms. The number of allylic oxidation sites excluding steroid dienone is 28. The highest BCUT2D eigenvalue weighted by Crippen LogP contribution is 2.10. The van der Waals surface area contributed by atoms with Gasteiger partial charge in [-0.05, 0) is 141 Å². The number of hydrogen-bond acceptors (Lipinski definition) is 6. The summed E-state index contributed by atoms with van der Waals surface area (Å²) in [6.45, 7) is 6.23. The molecule has 0 bridgehead atoms. The first-order valence-electron chi connectivity index (χ1n) is 27.6. The van der Waals surface area contributed by atoms with Crippen LogP contribution in [0.1, 0.15) is 201 Å². The Balaban J connectivity index is 4.67. The molecule has 0 rings (SSSR count). The summed E-state index contributed by atoms with van der Waals surface area (Å²) in [6.07, 6.45) is 84.9. The summed E-state index contributed by atoms with van der Waals surface area (Å²) in [7, 11) is 0. The number of esters is 3. The average molecular weight is 975 g/mol. The summed E-state index contributed by atoms with van der Waals surface area (Å²) in [5.41, 5.74) is 0. The lowest BCUT2D eigenvalue weighted by Gasteiger charge is -2.18. The van der Waals surface area contributed by atoms with Gasteiger partial charge in [-0.1, -0.05) is 210 Å². The van der Waals surface area contributed by atoms with Gasteiger partial charge in [-0.3, -0.25) is 14.4 Å². The maximum Gasteiger partial charge on any atom is 0.306 e. The van der Waals surface area contributed by atoms with Crippen LogP contribution in [-0.2, 0) is 28.6 Å². The van der Waals surface area contributed by atoms with Crippen LogP contribution in [0.15, 0.2) is 170 Å². The van der Waals surface area contributed by atoms with Crippen molar-refractivity contribution in [2.24, 2.45) is 0 Å². The number of hydrogen-bond donors (Lipinski definition) is 0. The van der Waals surface area contributed by atoms with E-state index in [1.807, 2.05) is 12.2 Å². The molecule has 0 aromatic carbocycles. The number of unbranched alkanes of at least 4 members (excludes halogenated alkanes) is 8. The number of rotatable bonds is 47. The van der Waals surface area contributed by atoms with E-state index in [0.29, 0.717) is 12.8 Å². The van der Waals surface area contributed by atoms with Crippen LogP contribution in [0.3, 0.4) is 0 Å². The highest BCUT2D eigenvalue weighted by Gasteiger charge is 2.19. The van der Waals surface area contributed by atoms with E-state index in [0.717, 1.165) is 122 Å². The molecule has 1 atom stereocenters. The summed E-state index contributed by atoms with van der Waals surface area (Å²) in [4.78, 5) is 38.1. The van der Waals surface area contributed by atoms with Gasteiger partial charge in [0, 0.05) is 19.3 Å². The molecule has 6 nitrogen and oxygen atoms in total. The van der Waals surface area contributed by atoms with Crippen LogP contribution in [0, 0.1) is 0 Å².